The summed E-state index contributed by atoms with van der Waals surface area (Å²) in [5.41, 5.74) is 9.20. The maximum absolute atomic E-state index is 10.8. The van der Waals surface area contributed by atoms with E-state index in [1.165, 1.54) is 10.9 Å². The first-order valence-electron chi connectivity index (χ1n) is 7.10. The van der Waals surface area contributed by atoms with Crippen molar-refractivity contribution in [3.05, 3.63) is 48.0 Å². The molecule has 0 spiro atoms. The summed E-state index contributed by atoms with van der Waals surface area (Å²) in [5, 5.41) is 11.2. The van der Waals surface area contributed by atoms with Gasteiger partial charge in [0.2, 0.25) is 0 Å². The van der Waals surface area contributed by atoms with Crippen LogP contribution in [0, 0.1) is 0 Å². The lowest BCUT2D eigenvalue weighted by Crippen LogP contribution is -2.14. The average molecular weight is 282 g/mol. The summed E-state index contributed by atoms with van der Waals surface area (Å²) in [6.45, 7) is 3.01. The summed E-state index contributed by atoms with van der Waals surface area (Å²) in [6.07, 6.45) is -0.0576. The molecule has 0 saturated heterocycles. The van der Waals surface area contributed by atoms with Gasteiger partial charge in [0.1, 0.15) is 0 Å². The molecule has 0 fully saturated rings. The summed E-state index contributed by atoms with van der Waals surface area (Å²) in [7, 11) is 0. The number of carboxylic acid groups (broad SMARTS) is 1. The standard InChI is InChI=1S/C17H18N2O2/c1-2-19-15-6-4-3-5-12(15)13-9-11(7-8-16(13)19)14(18)10-17(20)21/h3-9,14H,2,10,18H2,1H3,(H,20,21)/t14-/m1/s1. The highest BCUT2D eigenvalue weighted by Gasteiger charge is 2.14. The highest BCUT2D eigenvalue weighted by Crippen LogP contribution is 2.31. The number of hydrogen-bond donors (Lipinski definition) is 2. The van der Waals surface area contributed by atoms with Crippen molar-refractivity contribution in [2.45, 2.75) is 25.9 Å². The van der Waals surface area contributed by atoms with Crippen LogP contribution in [0.3, 0.4) is 0 Å². The first-order valence-corrected chi connectivity index (χ1v) is 7.10. The lowest BCUT2D eigenvalue weighted by Gasteiger charge is -2.10. The maximum atomic E-state index is 10.8. The monoisotopic (exact) mass is 282 g/mol. The van der Waals surface area contributed by atoms with Crippen molar-refractivity contribution in [1.82, 2.24) is 4.57 Å². The zero-order valence-electron chi connectivity index (χ0n) is 11.9. The van der Waals surface area contributed by atoms with Crippen LogP contribution in [0.4, 0.5) is 0 Å². The molecular weight excluding hydrogens is 264 g/mol. The average Bonchev–Trinajstić information content (AvgIpc) is 2.79. The van der Waals surface area contributed by atoms with Crippen molar-refractivity contribution in [1.29, 1.82) is 0 Å². The van der Waals surface area contributed by atoms with Crippen LogP contribution in [0.5, 0.6) is 0 Å². The summed E-state index contributed by atoms with van der Waals surface area (Å²) in [5.74, 6) is -0.876. The van der Waals surface area contributed by atoms with Crippen molar-refractivity contribution < 1.29 is 9.90 Å². The van der Waals surface area contributed by atoms with Crippen molar-refractivity contribution in [3.63, 3.8) is 0 Å². The number of para-hydroxylation sites is 1. The Hall–Kier alpha value is -2.33. The number of aromatic nitrogens is 1. The number of nitrogens with zero attached hydrogens (tertiary/aromatic N) is 1. The quantitative estimate of drug-likeness (QED) is 0.771. The van der Waals surface area contributed by atoms with Gasteiger partial charge in [0.05, 0.1) is 6.42 Å². The highest BCUT2D eigenvalue weighted by molar-refractivity contribution is 6.08. The van der Waals surface area contributed by atoms with E-state index in [-0.39, 0.29) is 6.42 Å². The van der Waals surface area contributed by atoms with E-state index < -0.39 is 12.0 Å². The van der Waals surface area contributed by atoms with Gasteiger partial charge in [-0.25, -0.2) is 0 Å². The molecule has 108 valence electrons. The van der Waals surface area contributed by atoms with E-state index in [4.69, 9.17) is 10.8 Å². The van der Waals surface area contributed by atoms with E-state index >= 15 is 0 Å². The SMILES string of the molecule is CCn1c2ccccc2c2cc([C@H](N)CC(=O)O)ccc21. The summed E-state index contributed by atoms with van der Waals surface area (Å²) >= 11 is 0. The molecule has 0 aliphatic heterocycles. The topological polar surface area (TPSA) is 68.2 Å². The number of aliphatic carboxylic acids is 1. The molecule has 3 aromatic rings. The van der Waals surface area contributed by atoms with Crippen LogP contribution < -0.4 is 5.73 Å². The summed E-state index contributed by atoms with van der Waals surface area (Å²) in [6, 6.07) is 13.8. The predicted octanol–water partition coefficient (Wildman–Crippen LogP) is 3.29. The molecule has 4 nitrogen and oxygen atoms in total. The molecule has 0 radical (unpaired) electrons. The fraction of sp³-hybridized carbons (Fsp3) is 0.235. The fourth-order valence-corrected chi connectivity index (χ4v) is 2.95. The van der Waals surface area contributed by atoms with E-state index in [9.17, 15) is 4.79 Å². The zero-order valence-corrected chi connectivity index (χ0v) is 11.9. The molecular formula is C17H18N2O2. The zero-order chi connectivity index (χ0) is 15.0. The van der Waals surface area contributed by atoms with Gasteiger partial charge in [0.25, 0.3) is 0 Å². The molecule has 0 bridgehead atoms. The Morgan fingerprint density at radius 3 is 2.62 bits per heavy atom. The Bertz CT molecular complexity index is 820. The third-order valence-electron chi connectivity index (χ3n) is 3.94. The Kier molecular flexibility index (Phi) is 3.39. The first-order chi connectivity index (χ1) is 10.1. The molecule has 0 aliphatic rings. The number of rotatable bonds is 4. The minimum absolute atomic E-state index is 0.0576. The van der Waals surface area contributed by atoms with Crippen LogP contribution in [0.1, 0.15) is 24.9 Å². The molecule has 4 heteroatoms. The summed E-state index contributed by atoms with van der Waals surface area (Å²) in [4.78, 5) is 10.8. The van der Waals surface area contributed by atoms with E-state index in [1.54, 1.807) is 0 Å². The third kappa shape index (κ3) is 2.28. The van der Waals surface area contributed by atoms with Crippen LogP contribution in [0.15, 0.2) is 42.5 Å². The second kappa shape index (κ2) is 5.22. The molecule has 0 aliphatic carbocycles. The van der Waals surface area contributed by atoms with Gasteiger partial charge >= 0.3 is 5.97 Å². The van der Waals surface area contributed by atoms with Gasteiger partial charge in [-0.3, -0.25) is 4.79 Å². The first kappa shape index (κ1) is 13.6. The number of benzene rings is 2. The van der Waals surface area contributed by atoms with E-state index in [1.807, 2.05) is 30.3 Å². The Labute approximate surface area is 122 Å². The number of carboxylic acids is 1. The normalized spacial score (nSPS) is 12.9. The molecule has 3 N–H and O–H groups in total. The number of hydrogen-bond acceptors (Lipinski definition) is 2. The van der Waals surface area contributed by atoms with Crippen molar-refractivity contribution in [2.75, 3.05) is 0 Å². The van der Waals surface area contributed by atoms with Crippen LogP contribution in [0.2, 0.25) is 0 Å². The summed E-state index contributed by atoms with van der Waals surface area (Å²) < 4.78 is 2.26. The predicted molar refractivity (Wildman–Crippen MR) is 84.3 cm³/mol. The van der Waals surface area contributed by atoms with Crippen LogP contribution in [-0.4, -0.2) is 15.6 Å². The van der Waals surface area contributed by atoms with Gasteiger partial charge in [-0.1, -0.05) is 24.3 Å². The molecule has 1 heterocycles. The third-order valence-corrected chi connectivity index (χ3v) is 3.94. The van der Waals surface area contributed by atoms with Crippen molar-refractivity contribution >= 4 is 27.8 Å². The Morgan fingerprint density at radius 2 is 1.90 bits per heavy atom. The van der Waals surface area contributed by atoms with E-state index in [0.717, 1.165) is 23.0 Å². The van der Waals surface area contributed by atoms with Gasteiger partial charge in [-0.15, -0.1) is 0 Å². The fourth-order valence-electron chi connectivity index (χ4n) is 2.95. The second-order valence-corrected chi connectivity index (χ2v) is 5.24. The van der Waals surface area contributed by atoms with Crippen LogP contribution in [-0.2, 0) is 11.3 Å². The molecule has 3 rings (SSSR count). The Morgan fingerprint density at radius 1 is 1.19 bits per heavy atom. The van der Waals surface area contributed by atoms with Gasteiger partial charge in [0, 0.05) is 34.4 Å². The second-order valence-electron chi connectivity index (χ2n) is 5.24. The van der Waals surface area contributed by atoms with Crippen molar-refractivity contribution in [3.8, 4) is 0 Å². The molecule has 21 heavy (non-hydrogen) atoms. The molecule has 0 amide bonds. The maximum Gasteiger partial charge on any atom is 0.305 e. The Balaban J connectivity index is 2.21. The minimum Gasteiger partial charge on any atom is -0.481 e. The lowest BCUT2D eigenvalue weighted by molar-refractivity contribution is -0.137. The minimum atomic E-state index is -0.876. The highest BCUT2D eigenvalue weighted by atomic mass is 16.4. The van der Waals surface area contributed by atoms with Gasteiger partial charge < -0.3 is 15.4 Å². The molecule has 2 aromatic carbocycles. The number of nitrogens with two attached hydrogens (primary N) is 1. The number of aryl methyl sites for hydroxylation is 1. The van der Waals surface area contributed by atoms with Crippen LogP contribution >= 0.6 is 0 Å². The smallest absolute Gasteiger partial charge is 0.305 e. The van der Waals surface area contributed by atoms with Gasteiger partial charge in [-0.05, 0) is 30.7 Å². The van der Waals surface area contributed by atoms with Gasteiger partial charge in [0.15, 0.2) is 0 Å². The van der Waals surface area contributed by atoms with E-state index in [0.29, 0.717) is 0 Å². The van der Waals surface area contributed by atoms with Crippen LogP contribution in [0.25, 0.3) is 21.8 Å². The number of carbonyl (C=O) groups is 1. The van der Waals surface area contributed by atoms with E-state index in [2.05, 4.69) is 23.6 Å². The van der Waals surface area contributed by atoms with Gasteiger partial charge in [-0.2, -0.15) is 0 Å². The molecule has 0 saturated carbocycles. The van der Waals surface area contributed by atoms with Crippen molar-refractivity contribution in [2.24, 2.45) is 5.73 Å². The molecule has 1 aromatic heterocycles. The molecule has 1 atom stereocenters. The number of fused-ring (bicyclic) bond motifs is 3. The lowest BCUT2D eigenvalue weighted by atomic mass is 10.0. The largest absolute Gasteiger partial charge is 0.481 e. The molecule has 0 unspecified atom stereocenters.